The van der Waals surface area contributed by atoms with Gasteiger partial charge in [0.15, 0.2) is 0 Å². The molecule has 5 nitrogen and oxygen atoms in total. The molecule has 2 atom stereocenters. The first-order valence-corrected chi connectivity index (χ1v) is 7.02. The maximum absolute atomic E-state index is 5.55. The fourth-order valence-corrected chi connectivity index (χ4v) is 3.31. The topological polar surface area (TPSA) is 62.9 Å². The Kier molecular flexibility index (Phi) is 6.69. The largest absolute Gasteiger partial charge is 0.385 e. The zero-order valence-corrected chi connectivity index (χ0v) is 11.8. The summed E-state index contributed by atoms with van der Waals surface area (Å²) in [6.45, 7) is 7.98. The lowest BCUT2D eigenvalue weighted by Crippen LogP contribution is -2.51. The second-order valence-electron chi connectivity index (χ2n) is 4.36. The van der Waals surface area contributed by atoms with Crippen molar-refractivity contribution in [2.24, 2.45) is 10.8 Å². The summed E-state index contributed by atoms with van der Waals surface area (Å²) < 4.78 is 5.00. The Morgan fingerprint density at radius 1 is 1.47 bits per heavy atom. The van der Waals surface area contributed by atoms with E-state index in [1.165, 1.54) is 0 Å². The Labute approximate surface area is 108 Å². The van der Waals surface area contributed by atoms with Gasteiger partial charge in [0, 0.05) is 43.9 Å². The number of rotatable bonds is 4. The van der Waals surface area contributed by atoms with Gasteiger partial charge in [0.1, 0.15) is 0 Å². The molecule has 1 saturated heterocycles. The van der Waals surface area contributed by atoms with Crippen LogP contribution in [0, 0.1) is 0 Å². The zero-order chi connectivity index (χ0) is 12.7. The highest BCUT2D eigenvalue weighted by molar-refractivity contribution is 8.00. The van der Waals surface area contributed by atoms with Crippen LogP contribution in [0.25, 0.3) is 0 Å². The summed E-state index contributed by atoms with van der Waals surface area (Å²) in [5.41, 5.74) is 2.72. The van der Waals surface area contributed by atoms with Gasteiger partial charge in [0.25, 0.3) is 0 Å². The first-order valence-electron chi connectivity index (χ1n) is 6.07. The van der Waals surface area contributed by atoms with Crippen LogP contribution in [-0.4, -0.2) is 54.7 Å². The van der Waals surface area contributed by atoms with E-state index in [9.17, 15) is 0 Å². The highest BCUT2D eigenvalue weighted by Gasteiger charge is 2.24. The third-order valence-corrected chi connectivity index (χ3v) is 3.84. The van der Waals surface area contributed by atoms with Gasteiger partial charge in [0.05, 0.1) is 0 Å². The summed E-state index contributed by atoms with van der Waals surface area (Å²) in [5, 5.41) is 1.24. The molecule has 1 heterocycles. The van der Waals surface area contributed by atoms with Crippen molar-refractivity contribution < 1.29 is 4.74 Å². The van der Waals surface area contributed by atoms with Crippen LogP contribution >= 0.6 is 11.8 Å². The zero-order valence-electron chi connectivity index (χ0n) is 11.0. The fraction of sp³-hybridized carbons (Fsp3) is 0.909. The molecule has 3 N–H and O–H groups in total. The Morgan fingerprint density at radius 3 is 2.65 bits per heavy atom. The highest BCUT2D eigenvalue weighted by atomic mass is 32.2. The molecule has 0 aromatic rings. The van der Waals surface area contributed by atoms with E-state index in [-0.39, 0.29) is 0 Å². The SMILES string of the molecule is COCCCN=C(NN)N1CC(C)SC(C)C1. The first-order chi connectivity index (χ1) is 8.17. The van der Waals surface area contributed by atoms with E-state index in [0.29, 0.717) is 10.5 Å². The molecule has 0 spiro atoms. The maximum Gasteiger partial charge on any atom is 0.208 e. The molecule has 0 aromatic heterocycles. The average molecular weight is 260 g/mol. The lowest BCUT2D eigenvalue weighted by Gasteiger charge is -2.36. The van der Waals surface area contributed by atoms with Gasteiger partial charge >= 0.3 is 0 Å². The Hall–Kier alpha value is -0.460. The number of hydrogen-bond acceptors (Lipinski definition) is 4. The maximum atomic E-state index is 5.55. The average Bonchev–Trinajstić information content (AvgIpc) is 2.28. The summed E-state index contributed by atoms with van der Waals surface area (Å²) >= 11 is 2.02. The van der Waals surface area contributed by atoms with Crippen molar-refractivity contribution in [1.82, 2.24) is 10.3 Å². The number of nitrogens with two attached hydrogens (primary N) is 1. The van der Waals surface area contributed by atoms with Gasteiger partial charge in [0.2, 0.25) is 5.96 Å². The Balaban J connectivity index is 2.47. The number of ether oxygens (including phenoxy) is 1. The first kappa shape index (κ1) is 14.6. The van der Waals surface area contributed by atoms with E-state index in [0.717, 1.165) is 38.6 Å². The number of nitrogens with zero attached hydrogens (tertiary/aromatic N) is 2. The number of hydrazine groups is 1. The molecular formula is C11H24N4OS. The summed E-state index contributed by atoms with van der Waals surface area (Å²) in [6.07, 6.45) is 0.926. The monoisotopic (exact) mass is 260 g/mol. The van der Waals surface area contributed by atoms with Crippen molar-refractivity contribution in [2.45, 2.75) is 30.8 Å². The van der Waals surface area contributed by atoms with Crippen molar-refractivity contribution in [2.75, 3.05) is 33.4 Å². The molecule has 17 heavy (non-hydrogen) atoms. The van der Waals surface area contributed by atoms with Gasteiger partial charge in [-0.15, -0.1) is 0 Å². The minimum absolute atomic E-state index is 0.622. The van der Waals surface area contributed by atoms with Gasteiger partial charge in [-0.05, 0) is 6.42 Å². The lowest BCUT2D eigenvalue weighted by atomic mass is 10.3. The van der Waals surface area contributed by atoms with Crippen LogP contribution in [-0.2, 0) is 4.74 Å². The molecule has 0 saturated carbocycles. The van der Waals surface area contributed by atoms with Crippen LogP contribution in [0.3, 0.4) is 0 Å². The molecule has 100 valence electrons. The summed E-state index contributed by atoms with van der Waals surface area (Å²) in [7, 11) is 1.71. The van der Waals surface area contributed by atoms with Crippen LogP contribution in [0.1, 0.15) is 20.3 Å². The van der Waals surface area contributed by atoms with Crippen molar-refractivity contribution in [3.63, 3.8) is 0 Å². The van der Waals surface area contributed by atoms with E-state index in [1.54, 1.807) is 7.11 Å². The van der Waals surface area contributed by atoms with Crippen molar-refractivity contribution in [3.8, 4) is 0 Å². The van der Waals surface area contributed by atoms with Gasteiger partial charge in [-0.3, -0.25) is 10.4 Å². The molecular weight excluding hydrogens is 236 g/mol. The summed E-state index contributed by atoms with van der Waals surface area (Å²) in [5.74, 6) is 6.35. The number of thioether (sulfide) groups is 1. The van der Waals surface area contributed by atoms with E-state index < -0.39 is 0 Å². The molecule has 1 aliphatic heterocycles. The fourth-order valence-electron chi connectivity index (χ4n) is 1.98. The van der Waals surface area contributed by atoms with Crippen LogP contribution in [0.2, 0.25) is 0 Å². The van der Waals surface area contributed by atoms with Crippen LogP contribution < -0.4 is 11.3 Å². The molecule has 0 aliphatic carbocycles. The van der Waals surface area contributed by atoms with Crippen molar-refractivity contribution in [1.29, 1.82) is 0 Å². The van der Waals surface area contributed by atoms with Crippen LogP contribution in [0.4, 0.5) is 0 Å². The Morgan fingerprint density at radius 2 is 2.12 bits per heavy atom. The van der Waals surface area contributed by atoms with Gasteiger partial charge in [-0.25, -0.2) is 5.84 Å². The number of nitrogens with one attached hydrogen (secondary N) is 1. The third kappa shape index (κ3) is 5.14. The molecule has 0 bridgehead atoms. The highest BCUT2D eigenvalue weighted by Crippen LogP contribution is 2.24. The summed E-state index contributed by atoms with van der Waals surface area (Å²) in [4.78, 5) is 6.72. The quantitative estimate of drug-likeness (QED) is 0.256. The minimum Gasteiger partial charge on any atom is -0.385 e. The minimum atomic E-state index is 0.622. The normalized spacial score (nSPS) is 26.1. The number of guanidine groups is 1. The second-order valence-corrected chi connectivity index (χ2v) is 6.24. The van der Waals surface area contributed by atoms with Gasteiger partial charge in [-0.1, -0.05) is 13.8 Å². The molecule has 2 unspecified atom stereocenters. The van der Waals surface area contributed by atoms with Crippen LogP contribution in [0.15, 0.2) is 4.99 Å². The molecule has 6 heteroatoms. The molecule has 1 fully saturated rings. The van der Waals surface area contributed by atoms with E-state index in [1.807, 2.05) is 11.8 Å². The smallest absolute Gasteiger partial charge is 0.208 e. The van der Waals surface area contributed by atoms with E-state index in [2.05, 4.69) is 29.2 Å². The third-order valence-electron chi connectivity index (χ3n) is 2.62. The second kappa shape index (κ2) is 7.79. The number of aliphatic imine (C=N–C) groups is 1. The molecule has 0 radical (unpaired) electrons. The van der Waals surface area contributed by atoms with E-state index in [4.69, 9.17) is 10.6 Å². The number of hydrogen-bond donors (Lipinski definition) is 2. The van der Waals surface area contributed by atoms with E-state index >= 15 is 0 Å². The molecule has 1 rings (SSSR count). The van der Waals surface area contributed by atoms with Gasteiger partial charge < -0.3 is 9.64 Å². The Bertz CT molecular complexity index is 240. The standard InChI is InChI=1S/C11H24N4OS/c1-9-7-15(8-10(2)17-9)11(14-12)13-5-4-6-16-3/h9-10H,4-8,12H2,1-3H3,(H,13,14). The summed E-state index contributed by atoms with van der Waals surface area (Å²) in [6, 6.07) is 0. The molecule has 1 aliphatic rings. The predicted octanol–water partition coefficient (Wildman–Crippen LogP) is 0.668. The van der Waals surface area contributed by atoms with Crippen molar-refractivity contribution >= 4 is 17.7 Å². The number of methoxy groups -OCH3 is 1. The van der Waals surface area contributed by atoms with Gasteiger partial charge in [-0.2, -0.15) is 11.8 Å². The molecule has 0 aromatic carbocycles. The predicted molar refractivity (Wildman–Crippen MR) is 74.2 cm³/mol. The lowest BCUT2D eigenvalue weighted by molar-refractivity contribution is 0.197. The van der Waals surface area contributed by atoms with Crippen LogP contribution in [0.5, 0.6) is 0 Å². The van der Waals surface area contributed by atoms with Crippen molar-refractivity contribution in [3.05, 3.63) is 0 Å². The molecule has 0 amide bonds.